The predicted octanol–water partition coefficient (Wildman–Crippen LogP) is 16.2. The Morgan fingerprint density at radius 3 is 0.961 bits per heavy atom. The summed E-state index contributed by atoms with van der Waals surface area (Å²) in [5.41, 5.74) is 32.3. The van der Waals surface area contributed by atoms with Crippen molar-refractivity contribution >= 4 is 0 Å². The summed E-state index contributed by atoms with van der Waals surface area (Å²) in [7, 11) is 8.53. The summed E-state index contributed by atoms with van der Waals surface area (Å²) in [5, 5.41) is 0. The van der Waals surface area contributed by atoms with Crippen LogP contribution in [0.3, 0.4) is 0 Å². The maximum Gasteiger partial charge on any atom is 0.212 e. The lowest BCUT2D eigenvalue weighted by Gasteiger charge is -2.11. The fraction of sp³-hybridized carbons (Fsp3) is 0.389. The molecule has 4 aromatic carbocycles. The van der Waals surface area contributed by atoms with Crippen molar-refractivity contribution in [3.8, 4) is 45.0 Å². The van der Waals surface area contributed by atoms with Crippen LogP contribution in [-0.4, -0.2) is 0 Å². The maximum atomic E-state index is 2.37. The summed E-state index contributed by atoms with van der Waals surface area (Å²) in [6, 6.07) is 36.1. The molecule has 0 N–H and O–H groups in total. The molecule has 0 atom stereocenters. The van der Waals surface area contributed by atoms with E-state index in [1.165, 1.54) is 134 Å². The van der Waals surface area contributed by atoms with E-state index in [0.29, 0.717) is 17.8 Å². The summed E-state index contributed by atoms with van der Waals surface area (Å²) >= 11 is 0. The van der Waals surface area contributed by atoms with Gasteiger partial charge in [-0.25, -0.2) is 18.3 Å². The topological polar surface area (TPSA) is 15.5 Å². The molecule has 8 aromatic rings. The molecule has 0 fully saturated rings. The highest BCUT2D eigenvalue weighted by molar-refractivity contribution is 5.65. The van der Waals surface area contributed by atoms with Crippen LogP contribution in [-0.2, 0) is 41.0 Å². The molecule has 4 heterocycles. The molecule has 0 aliphatic heterocycles. The number of hydrogen-bond acceptors (Lipinski definition) is 0. The third-order valence-corrected chi connectivity index (χ3v) is 15.1. The van der Waals surface area contributed by atoms with E-state index < -0.39 is 0 Å². The highest BCUT2D eigenvalue weighted by Gasteiger charge is 2.20. The van der Waals surface area contributed by atoms with Gasteiger partial charge in [-0.2, -0.15) is 0 Å². The molecule has 0 unspecified atom stereocenters. The third-order valence-electron chi connectivity index (χ3n) is 15.1. The van der Waals surface area contributed by atoms with Gasteiger partial charge in [0.05, 0.1) is 0 Å². The van der Waals surface area contributed by atoms with Crippen LogP contribution in [0.2, 0.25) is 0 Å². The smallest absolute Gasteiger partial charge is 0.201 e. The van der Waals surface area contributed by atoms with Crippen molar-refractivity contribution in [3.63, 3.8) is 0 Å². The van der Waals surface area contributed by atoms with Crippen molar-refractivity contribution in [2.45, 2.75) is 150 Å². The number of nitrogens with zero attached hydrogens (tertiary/aromatic N) is 4. The van der Waals surface area contributed by atoms with Gasteiger partial charge in [0.15, 0.2) is 24.8 Å². The monoisotopic (exact) mass is 1020 g/mol. The number of pyridine rings is 4. The Labute approximate surface area is 462 Å². The first kappa shape index (κ1) is 60.3. The van der Waals surface area contributed by atoms with Gasteiger partial charge >= 0.3 is 0 Å². The van der Waals surface area contributed by atoms with E-state index in [9.17, 15) is 0 Å². The lowest BCUT2D eigenvalue weighted by atomic mass is 9.95. The van der Waals surface area contributed by atoms with Crippen LogP contribution in [0.25, 0.3) is 45.0 Å². The molecular weight excluding hydrogens is 921 g/mol. The number of hydrogen-bond donors (Lipinski definition) is 0. The van der Waals surface area contributed by atoms with Gasteiger partial charge in [-0.15, -0.1) is 0 Å². The van der Waals surface area contributed by atoms with Crippen molar-refractivity contribution in [3.05, 3.63) is 211 Å². The zero-order valence-corrected chi connectivity index (χ0v) is 51.5. The van der Waals surface area contributed by atoms with Crippen molar-refractivity contribution < 1.29 is 18.3 Å². The van der Waals surface area contributed by atoms with E-state index in [0.717, 1.165) is 12.8 Å². The Bertz CT molecular complexity index is 3310. The first-order chi connectivity index (χ1) is 35.6. The van der Waals surface area contributed by atoms with Gasteiger partial charge in [-0.3, -0.25) is 0 Å². The molecule has 0 radical (unpaired) electrons. The highest BCUT2D eigenvalue weighted by Crippen LogP contribution is 2.28. The molecule has 0 saturated carbocycles. The summed E-state index contributed by atoms with van der Waals surface area (Å²) in [6.07, 6.45) is 11.2. The van der Waals surface area contributed by atoms with E-state index >= 15 is 0 Å². The molecule has 0 aliphatic rings. The summed E-state index contributed by atoms with van der Waals surface area (Å²) in [4.78, 5) is 0. The molecule has 0 spiro atoms. The predicted molar refractivity (Wildman–Crippen MR) is 325 cm³/mol. The van der Waals surface area contributed by atoms with E-state index in [1.807, 2.05) is 0 Å². The van der Waals surface area contributed by atoms with Gasteiger partial charge in [-0.1, -0.05) is 107 Å². The molecule has 0 bridgehead atoms. The zero-order chi connectivity index (χ0) is 56.5. The molecule has 4 nitrogen and oxygen atoms in total. The van der Waals surface area contributed by atoms with Crippen LogP contribution in [0, 0.1) is 102 Å². The molecule has 4 aromatic heterocycles. The lowest BCUT2D eigenvalue weighted by Crippen LogP contribution is -2.32. The average molecular weight is 1020 g/mol. The number of rotatable bonds is 9. The second-order valence-corrected chi connectivity index (χ2v) is 23.6. The summed E-state index contributed by atoms with van der Waals surface area (Å²) in [5.74, 6) is 1.97. The Balaban J connectivity index is 0.000000187. The maximum absolute atomic E-state index is 2.37. The van der Waals surface area contributed by atoms with Crippen molar-refractivity contribution in [2.24, 2.45) is 40.0 Å². The molecule has 4 heteroatoms. The van der Waals surface area contributed by atoms with Crippen molar-refractivity contribution in [1.82, 2.24) is 0 Å². The Morgan fingerprint density at radius 2 is 0.605 bits per heavy atom. The van der Waals surface area contributed by atoms with Crippen LogP contribution in [0.4, 0.5) is 0 Å². The van der Waals surface area contributed by atoms with Crippen molar-refractivity contribution in [1.29, 1.82) is 0 Å². The van der Waals surface area contributed by atoms with Gasteiger partial charge < -0.3 is 0 Å². The summed E-state index contributed by atoms with van der Waals surface area (Å²) < 4.78 is 8.94. The fourth-order valence-corrected chi connectivity index (χ4v) is 10.4. The van der Waals surface area contributed by atoms with E-state index in [1.54, 1.807) is 0 Å². The van der Waals surface area contributed by atoms with E-state index in [-0.39, 0.29) is 0 Å². The first-order valence-corrected chi connectivity index (χ1v) is 27.9. The molecule has 8 rings (SSSR count). The Hall–Kier alpha value is -6.52. The van der Waals surface area contributed by atoms with Crippen molar-refractivity contribution in [2.75, 3.05) is 0 Å². The molecule has 0 aliphatic carbocycles. The minimum absolute atomic E-state index is 0.584. The minimum atomic E-state index is 0.584. The Kier molecular flexibility index (Phi) is 21.0. The van der Waals surface area contributed by atoms with Crippen LogP contribution >= 0.6 is 0 Å². The van der Waals surface area contributed by atoms with Crippen LogP contribution in [0.1, 0.15) is 136 Å². The molecule has 76 heavy (non-hydrogen) atoms. The van der Waals surface area contributed by atoms with Gasteiger partial charge in [-0.05, 0) is 195 Å². The molecule has 0 amide bonds. The second kappa shape index (κ2) is 26.5. The van der Waals surface area contributed by atoms with Crippen LogP contribution in [0.5, 0.6) is 0 Å². The lowest BCUT2D eigenvalue weighted by molar-refractivity contribution is -0.661. The number of aromatic nitrogens is 4. The minimum Gasteiger partial charge on any atom is -0.201 e. The first-order valence-electron chi connectivity index (χ1n) is 27.9. The van der Waals surface area contributed by atoms with Crippen LogP contribution in [0.15, 0.2) is 122 Å². The zero-order valence-electron chi connectivity index (χ0n) is 51.5. The van der Waals surface area contributed by atoms with E-state index in [4.69, 9.17) is 0 Å². The fourth-order valence-electron chi connectivity index (χ4n) is 10.4. The SMILES string of the molecule is Cc1cc(-c2ccc(C(C)C)cc2C)[n+](C)cc1C.Cc1ccc(-c2cc(C)c(C)c[n+]2C)c(C)c1.Cc1ccc(-c2cc(C)c(CC(C)C)c[n+]2C)c(C)c1.Cc1ccc(-c2cc(CC(C)C)c(C)c[n+]2C)c(C)c1. The van der Waals surface area contributed by atoms with E-state index in [2.05, 4.69) is 300 Å². The van der Waals surface area contributed by atoms with Crippen LogP contribution < -0.4 is 18.3 Å². The van der Waals surface area contributed by atoms with Gasteiger partial charge in [0.2, 0.25) is 22.8 Å². The molecule has 400 valence electrons. The second-order valence-electron chi connectivity index (χ2n) is 23.6. The standard InChI is InChI=1S/2C19H26N.C18H24N.C16H20N/c1-13(2)9-17-12-20(6)19(11-15(17)4)18-8-7-14(3)10-16(18)5;1-13(2)9-17-11-19(20(6)12-16(17)5)18-8-7-14(3)10-15(18)4;1-12(2)16-7-8-17(14(4)9-16)18-10-13(3)15(5)11-19(18)6;1-11-6-7-15(13(3)8-11)16-9-12(2)14(4)10-17(16)5/h2*7-8,10-13H,9H2,1-6H3;7-12H,1-6H3;6-10H,1-5H3/q4*+1. The number of aryl methyl sites for hydroxylation is 17. The Morgan fingerprint density at radius 1 is 0.289 bits per heavy atom. The molecular formula is C72H96N4+4. The normalized spacial score (nSPS) is 11.0. The summed E-state index contributed by atoms with van der Waals surface area (Å²) in [6.45, 7) is 41.9. The van der Waals surface area contributed by atoms with Gasteiger partial charge in [0.1, 0.15) is 28.2 Å². The van der Waals surface area contributed by atoms with Gasteiger partial charge in [0, 0.05) is 68.8 Å². The average Bonchev–Trinajstić information content (AvgIpc) is 3.32. The highest BCUT2D eigenvalue weighted by atomic mass is 14.9. The largest absolute Gasteiger partial charge is 0.212 e. The van der Waals surface area contributed by atoms with Gasteiger partial charge in [0.25, 0.3) is 0 Å². The number of benzene rings is 4. The third kappa shape index (κ3) is 15.8. The molecule has 0 saturated heterocycles. The quantitative estimate of drug-likeness (QED) is 0.128.